The fourth-order valence-electron chi connectivity index (χ4n) is 5.88. The van der Waals surface area contributed by atoms with Crippen molar-refractivity contribution in [2.24, 2.45) is 0 Å². The Kier molecular flexibility index (Phi) is 4.07. The minimum Gasteiger partial charge on any atom is -0.0616 e. The fourth-order valence-corrected chi connectivity index (χ4v) is 5.88. The zero-order chi connectivity index (χ0) is 22.8. The number of hydrogen-bond acceptors (Lipinski definition) is 0. The molecule has 0 amide bonds. The zero-order valence-corrected chi connectivity index (χ0v) is 19.4. The highest BCUT2D eigenvalue weighted by molar-refractivity contribution is 6.28. The molecule has 0 aliphatic rings. The molecule has 0 unspecified atom stereocenters. The first-order valence-electron chi connectivity index (χ1n) is 11.9. The number of fused-ring (bicyclic) bond motifs is 1. The lowest BCUT2D eigenvalue weighted by Gasteiger charge is -2.17. The van der Waals surface area contributed by atoms with E-state index in [1.807, 2.05) is 0 Å². The summed E-state index contributed by atoms with van der Waals surface area (Å²) >= 11 is 0. The maximum absolute atomic E-state index is 2.32. The van der Waals surface area contributed by atoms with Gasteiger partial charge in [0.25, 0.3) is 0 Å². The van der Waals surface area contributed by atoms with Crippen molar-refractivity contribution < 1.29 is 0 Å². The van der Waals surface area contributed by atoms with Crippen molar-refractivity contribution >= 4 is 43.1 Å². The van der Waals surface area contributed by atoms with Crippen molar-refractivity contribution in [1.82, 2.24) is 0 Å². The van der Waals surface area contributed by atoms with Gasteiger partial charge < -0.3 is 0 Å². The van der Waals surface area contributed by atoms with Crippen LogP contribution in [-0.4, -0.2) is 0 Å². The van der Waals surface area contributed by atoms with E-state index in [1.165, 1.54) is 76.5 Å². The van der Waals surface area contributed by atoms with Crippen LogP contribution in [0.15, 0.2) is 109 Å². The SMILES string of the molecule is Cc1cc(C)cc(-c2ccc3ccc4c(-c5cccc6ccccc56)ccc5ccc2c3c54)c1. The van der Waals surface area contributed by atoms with Gasteiger partial charge in [0, 0.05) is 0 Å². The maximum Gasteiger partial charge on any atom is -0.00203 e. The van der Waals surface area contributed by atoms with E-state index in [0.717, 1.165) is 0 Å². The van der Waals surface area contributed by atoms with Crippen molar-refractivity contribution in [3.8, 4) is 22.3 Å². The third-order valence-corrected chi connectivity index (χ3v) is 7.28. The van der Waals surface area contributed by atoms with Crippen LogP contribution in [0.2, 0.25) is 0 Å². The lowest BCUT2D eigenvalue weighted by molar-refractivity contribution is 1.39. The van der Waals surface area contributed by atoms with E-state index in [0.29, 0.717) is 0 Å². The van der Waals surface area contributed by atoms with Crippen LogP contribution >= 0.6 is 0 Å². The molecule has 0 spiro atoms. The summed E-state index contributed by atoms with van der Waals surface area (Å²) in [5, 5.41) is 10.6. The minimum absolute atomic E-state index is 1.28. The highest BCUT2D eigenvalue weighted by atomic mass is 14.2. The maximum atomic E-state index is 2.32. The van der Waals surface area contributed by atoms with Crippen LogP contribution in [0.25, 0.3) is 65.3 Å². The molecule has 7 aromatic carbocycles. The molecule has 0 bridgehead atoms. The Morgan fingerprint density at radius 1 is 0.382 bits per heavy atom. The van der Waals surface area contributed by atoms with Gasteiger partial charge in [-0.25, -0.2) is 0 Å². The van der Waals surface area contributed by atoms with Crippen molar-refractivity contribution in [1.29, 1.82) is 0 Å². The van der Waals surface area contributed by atoms with Crippen LogP contribution in [0.3, 0.4) is 0 Å². The molecule has 0 N–H and O–H groups in total. The average Bonchev–Trinajstić information content (AvgIpc) is 2.86. The van der Waals surface area contributed by atoms with Crippen molar-refractivity contribution in [3.05, 3.63) is 120 Å². The van der Waals surface area contributed by atoms with E-state index in [4.69, 9.17) is 0 Å². The van der Waals surface area contributed by atoms with Gasteiger partial charge in [0.2, 0.25) is 0 Å². The molecule has 0 heterocycles. The largest absolute Gasteiger partial charge is 0.0616 e. The van der Waals surface area contributed by atoms with E-state index in [9.17, 15) is 0 Å². The van der Waals surface area contributed by atoms with Crippen LogP contribution in [0, 0.1) is 13.8 Å². The first-order chi connectivity index (χ1) is 16.7. The first kappa shape index (κ1) is 19.3. The van der Waals surface area contributed by atoms with E-state index in [1.54, 1.807) is 0 Å². The number of aryl methyl sites for hydroxylation is 2. The van der Waals surface area contributed by atoms with Gasteiger partial charge in [0.15, 0.2) is 0 Å². The van der Waals surface area contributed by atoms with E-state index in [2.05, 4.69) is 123 Å². The fraction of sp³-hybridized carbons (Fsp3) is 0.0588. The number of hydrogen-bond donors (Lipinski definition) is 0. The Hall–Kier alpha value is -4.16. The van der Waals surface area contributed by atoms with Crippen LogP contribution in [0.5, 0.6) is 0 Å². The summed E-state index contributed by atoms with van der Waals surface area (Å²) in [6, 6.07) is 40.6. The molecule has 160 valence electrons. The van der Waals surface area contributed by atoms with E-state index < -0.39 is 0 Å². The third-order valence-electron chi connectivity index (χ3n) is 7.28. The lowest BCUT2D eigenvalue weighted by Crippen LogP contribution is -1.90. The molecule has 0 aliphatic heterocycles. The molecular weight excluding hydrogens is 408 g/mol. The normalized spacial score (nSPS) is 11.8. The molecule has 0 aliphatic carbocycles. The molecule has 0 saturated carbocycles. The number of rotatable bonds is 2. The second-order valence-corrected chi connectivity index (χ2v) is 9.55. The zero-order valence-electron chi connectivity index (χ0n) is 19.4. The Morgan fingerprint density at radius 2 is 0.941 bits per heavy atom. The van der Waals surface area contributed by atoms with Crippen LogP contribution in [0.1, 0.15) is 11.1 Å². The molecular formula is C34H24. The number of benzene rings is 7. The molecule has 7 rings (SSSR count). The topological polar surface area (TPSA) is 0 Å². The van der Waals surface area contributed by atoms with Gasteiger partial charge in [-0.3, -0.25) is 0 Å². The monoisotopic (exact) mass is 432 g/mol. The van der Waals surface area contributed by atoms with Gasteiger partial charge in [0.05, 0.1) is 0 Å². The minimum atomic E-state index is 1.28. The van der Waals surface area contributed by atoms with Crippen molar-refractivity contribution in [2.45, 2.75) is 13.8 Å². The standard InChI is InChI=1S/C34H24/c1-21-18-22(2)20-26(19-21)28-14-10-24-13-17-32-30(15-11-25-12-16-31(28)33(24)34(25)32)29-9-5-7-23-6-3-4-8-27(23)29/h3-20H,1-2H3. The second-order valence-electron chi connectivity index (χ2n) is 9.55. The summed E-state index contributed by atoms with van der Waals surface area (Å²) in [4.78, 5) is 0. The van der Waals surface area contributed by atoms with Crippen molar-refractivity contribution in [2.75, 3.05) is 0 Å². The van der Waals surface area contributed by atoms with Gasteiger partial charge >= 0.3 is 0 Å². The average molecular weight is 433 g/mol. The summed E-state index contributed by atoms with van der Waals surface area (Å²) < 4.78 is 0. The van der Waals surface area contributed by atoms with Crippen LogP contribution in [-0.2, 0) is 0 Å². The summed E-state index contributed by atoms with van der Waals surface area (Å²) in [7, 11) is 0. The highest BCUT2D eigenvalue weighted by Crippen LogP contribution is 2.43. The second kappa shape index (κ2) is 7.17. The third kappa shape index (κ3) is 2.79. The molecule has 34 heavy (non-hydrogen) atoms. The van der Waals surface area contributed by atoms with Gasteiger partial charge in [-0.2, -0.15) is 0 Å². The molecule has 7 aromatic rings. The molecule has 0 aromatic heterocycles. The Morgan fingerprint density at radius 3 is 1.68 bits per heavy atom. The summed E-state index contributed by atoms with van der Waals surface area (Å²) in [5.41, 5.74) is 7.81. The predicted molar refractivity (Wildman–Crippen MR) is 148 cm³/mol. The summed E-state index contributed by atoms with van der Waals surface area (Å²) in [5.74, 6) is 0. The Labute approximate surface area is 199 Å². The summed E-state index contributed by atoms with van der Waals surface area (Å²) in [6.07, 6.45) is 0. The first-order valence-corrected chi connectivity index (χ1v) is 11.9. The molecule has 0 atom stereocenters. The van der Waals surface area contributed by atoms with Gasteiger partial charge in [-0.05, 0) is 79.2 Å². The van der Waals surface area contributed by atoms with E-state index in [-0.39, 0.29) is 0 Å². The van der Waals surface area contributed by atoms with Gasteiger partial charge in [0.1, 0.15) is 0 Å². The molecule has 0 nitrogen and oxygen atoms in total. The van der Waals surface area contributed by atoms with E-state index >= 15 is 0 Å². The predicted octanol–water partition coefficient (Wildman–Crippen LogP) is 9.69. The Bertz CT molecular complexity index is 1840. The highest BCUT2D eigenvalue weighted by Gasteiger charge is 2.15. The molecule has 0 radical (unpaired) electrons. The lowest BCUT2D eigenvalue weighted by atomic mass is 9.86. The summed E-state index contributed by atoms with van der Waals surface area (Å²) in [6.45, 7) is 4.37. The van der Waals surface area contributed by atoms with Crippen LogP contribution < -0.4 is 0 Å². The smallest absolute Gasteiger partial charge is 0.00203 e. The molecule has 0 fully saturated rings. The quantitative estimate of drug-likeness (QED) is 0.239. The van der Waals surface area contributed by atoms with Gasteiger partial charge in [-0.15, -0.1) is 0 Å². The molecule has 0 saturated heterocycles. The van der Waals surface area contributed by atoms with Gasteiger partial charge in [-0.1, -0.05) is 120 Å². The van der Waals surface area contributed by atoms with Crippen molar-refractivity contribution in [3.63, 3.8) is 0 Å². The molecule has 0 heteroatoms. The van der Waals surface area contributed by atoms with Crippen LogP contribution in [0.4, 0.5) is 0 Å². The Balaban J connectivity index is 1.59.